The lowest BCUT2D eigenvalue weighted by Gasteiger charge is -2.26. The van der Waals surface area contributed by atoms with E-state index in [0.717, 1.165) is 48.2 Å². The van der Waals surface area contributed by atoms with Crippen molar-refractivity contribution in [2.75, 3.05) is 0 Å². The minimum absolute atomic E-state index is 0.0565. The molecule has 0 spiro atoms. The fraction of sp³-hybridized carbons (Fsp3) is 0.391. The van der Waals surface area contributed by atoms with Gasteiger partial charge in [-0.25, -0.2) is 4.68 Å². The third-order valence-electron chi connectivity index (χ3n) is 5.74. The van der Waals surface area contributed by atoms with Gasteiger partial charge in [-0.2, -0.15) is 5.10 Å². The van der Waals surface area contributed by atoms with Gasteiger partial charge in [-0.05, 0) is 55.4 Å². The zero-order valence-electron chi connectivity index (χ0n) is 16.7. The van der Waals surface area contributed by atoms with Gasteiger partial charge in [0, 0.05) is 30.2 Å². The van der Waals surface area contributed by atoms with Gasteiger partial charge < -0.3 is 5.32 Å². The highest BCUT2D eigenvalue weighted by Gasteiger charge is 2.20. The van der Waals surface area contributed by atoms with Crippen LogP contribution in [-0.2, 0) is 17.8 Å². The van der Waals surface area contributed by atoms with Gasteiger partial charge in [-0.3, -0.25) is 14.6 Å². The fourth-order valence-electron chi connectivity index (χ4n) is 4.05. The summed E-state index contributed by atoms with van der Waals surface area (Å²) in [6.07, 6.45) is 8.33. The first-order valence-electron chi connectivity index (χ1n) is 10.3. The first-order chi connectivity index (χ1) is 14.1. The van der Waals surface area contributed by atoms with Gasteiger partial charge in [0.1, 0.15) is 6.54 Å². The van der Waals surface area contributed by atoms with Gasteiger partial charge in [-0.15, -0.1) is 0 Å². The highest BCUT2D eigenvalue weighted by atomic mass is 16.2. The second-order valence-electron chi connectivity index (χ2n) is 8.01. The Kier molecular flexibility index (Phi) is 5.69. The molecule has 0 aliphatic heterocycles. The Bertz CT molecular complexity index is 1050. The van der Waals surface area contributed by atoms with Crippen molar-refractivity contribution in [3.8, 4) is 0 Å². The standard InChI is InChI=1S/C23H26N4O2/c1-16-6-8-18(9-7-16)25-22(28)15-27-23(29)20-5-3-2-4-19(20)21(26-27)14-17-10-12-24-13-11-17/h2-5,10-13,16,18H,6-9,14-15H2,1H3,(H,25,28). The van der Waals surface area contributed by atoms with Crippen molar-refractivity contribution in [1.82, 2.24) is 20.1 Å². The van der Waals surface area contributed by atoms with Gasteiger partial charge in [0.05, 0.1) is 11.1 Å². The number of nitrogens with one attached hydrogen (secondary N) is 1. The maximum Gasteiger partial charge on any atom is 0.275 e. The van der Waals surface area contributed by atoms with Crippen LogP contribution in [0.4, 0.5) is 0 Å². The summed E-state index contributed by atoms with van der Waals surface area (Å²) in [7, 11) is 0. The van der Waals surface area contributed by atoms with Crippen LogP contribution in [0.25, 0.3) is 10.8 Å². The first kappa shape index (κ1) is 19.3. The Hall–Kier alpha value is -3.02. The highest BCUT2D eigenvalue weighted by Crippen LogP contribution is 2.23. The summed E-state index contributed by atoms with van der Waals surface area (Å²) >= 11 is 0. The minimum Gasteiger partial charge on any atom is -0.352 e. The van der Waals surface area contributed by atoms with E-state index in [9.17, 15) is 9.59 Å². The summed E-state index contributed by atoms with van der Waals surface area (Å²) in [6, 6.07) is 11.5. The van der Waals surface area contributed by atoms with E-state index in [4.69, 9.17) is 0 Å². The van der Waals surface area contributed by atoms with Crippen molar-refractivity contribution in [1.29, 1.82) is 0 Å². The Morgan fingerprint density at radius 1 is 1.07 bits per heavy atom. The van der Waals surface area contributed by atoms with Crippen LogP contribution in [0, 0.1) is 5.92 Å². The predicted molar refractivity (Wildman–Crippen MR) is 113 cm³/mol. The molecule has 0 bridgehead atoms. The molecule has 0 radical (unpaired) electrons. The van der Waals surface area contributed by atoms with Crippen molar-refractivity contribution < 1.29 is 4.79 Å². The Morgan fingerprint density at radius 2 is 1.76 bits per heavy atom. The highest BCUT2D eigenvalue weighted by molar-refractivity contribution is 5.84. The number of benzene rings is 1. The lowest BCUT2D eigenvalue weighted by molar-refractivity contribution is -0.122. The maximum atomic E-state index is 12.9. The zero-order chi connectivity index (χ0) is 20.2. The summed E-state index contributed by atoms with van der Waals surface area (Å²) in [5.74, 6) is 0.577. The van der Waals surface area contributed by atoms with Crippen LogP contribution >= 0.6 is 0 Å². The van der Waals surface area contributed by atoms with Gasteiger partial charge in [0.25, 0.3) is 5.56 Å². The number of amides is 1. The van der Waals surface area contributed by atoms with E-state index in [2.05, 4.69) is 22.3 Å². The number of aromatic nitrogens is 3. The number of rotatable bonds is 5. The molecule has 1 aliphatic carbocycles. The van der Waals surface area contributed by atoms with E-state index in [-0.39, 0.29) is 24.1 Å². The Labute approximate surface area is 170 Å². The van der Waals surface area contributed by atoms with Crippen LogP contribution in [0.1, 0.15) is 43.9 Å². The number of pyridine rings is 1. The molecule has 3 aromatic rings. The minimum atomic E-state index is -0.230. The average Bonchev–Trinajstić information content (AvgIpc) is 2.74. The molecule has 29 heavy (non-hydrogen) atoms. The van der Waals surface area contributed by atoms with Crippen molar-refractivity contribution in [2.24, 2.45) is 5.92 Å². The second-order valence-corrected chi connectivity index (χ2v) is 8.01. The normalized spacial score (nSPS) is 19.2. The molecular weight excluding hydrogens is 364 g/mol. The van der Waals surface area contributed by atoms with Gasteiger partial charge in [0.2, 0.25) is 5.91 Å². The molecule has 6 heteroatoms. The molecule has 1 amide bonds. The van der Waals surface area contributed by atoms with Crippen LogP contribution in [0.15, 0.2) is 53.6 Å². The fourth-order valence-corrected chi connectivity index (χ4v) is 4.05. The van der Waals surface area contributed by atoms with Crippen LogP contribution < -0.4 is 10.9 Å². The van der Waals surface area contributed by atoms with Gasteiger partial charge in [0.15, 0.2) is 0 Å². The van der Waals surface area contributed by atoms with E-state index in [1.807, 2.05) is 30.3 Å². The third kappa shape index (κ3) is 4.53. The molecule has 0 saturated heterocycles. The molecule has 1 fully saturated rings. The van der Waals surface area contributed by atoms with Gasteiger partial charge >= 0.3 is 0 Å². The van der Waals surface area contributed by atoms with Crippen LogP contribution in [0.5, 0.6) is 0 Å². The van der Waals surface area contributed by atoms with E-state index in [0.29, 0.717) is 11.8 Å². The molecule has 2 heterocycles. The van der Waals surface area contributed by atoms with Crippen molar-refractivity contribution in [3.05, 3.63) is 70.4 Å². The van der Waals surface area contributed by atoms with E-state index in [1.165, 1.54) is 4.68 Å². The summed E-state index contributed by atoms with van der Waals surface area (Å²) < 4.78 is 1.31. The molecule has 6 nitrogen and oxygen atoms in total. The average molecular weight is 390 g/mol. The lowest BCUT2D eigenvalue weighted by Crippen LogP contribution is -2.41. The van der Waals surface area contributed by atoms with Crippen LogP contribution in [0.3, 0.4) is 0 Å². The smallest absolute Gasteiger partial charge is 0.275 e. The predicted octanol–water partition coefficient (Wildman–Crippen LogP) is 3.08. The third-order valence-corrected chi connectivity index (χ3v) is 5.74. The number of carbonyl (C=O) groups excluding carboxylic acids is 1. The molecule has 1 aromatic carbocycles. The molecule has 4 rings (SSSR count). The largest absolute Gasteiger partial charge is 0.352 e. The van der Waals surface area contributed by atoms with Crippen LogP contribution in [-0.4, -0.2) is 26.7 Å². The first-order valence-corrected chi connectivity index (χ1v) is 10.3. The zero-order valence-corrected chi connectivity index (χ0v) is 16.7. The number of carbonyl (C=O) groups is 1. The molecule has 2 aromatic heterocycles. The topological polar surface area (TPSA) is 76.9 Å². The molecular formula is C23H26N4O2. The molecule has 150 valence electrons. The molecule has 1 N–H and O–H groups in total. The lowest BCUT2D eigenvalue weighted by atomic mass is 9.87. The summed E-state index contributed by atoms with van der Waals surface area (Å²) in [6.45, 7) is 2.19. The monoisotopic (exact) mass is 390 g/mol. The van der Waals surface area contributed by atoms with Crippen molar-refractivity contribution >= 4 is 16.7 Å². The van der Waals surface area contributed by atoms with E-state index in [1.54, 1.807) is 18.5 Å². The van der Waals surface area contributed by atoms with Gasteiger partial charge in [-0.1, -0.05) is 25.1 Å². The van der Waals surface area contributed by atoms with E-state index >= 15 is 0 Å². The number of nitrogens with zero attached hydrogens (tertiary/aromatic N) is 3. The molecule has 0 unspecified atom stereocenters. The quantitative estimate of drug-likeness (QED) is 0.726. The Balaban J connectivity index is 1.59. The Morgan fingerprint density at radius 3 is 2.48 bits per heavy atom. The summed E-state index contributed by atoms with van der Waals surface area (Å²) in [4.78, 5) is 29.6. The van der Waals surface area contributed by atoms with Crippen molar-refractivity contribution in [2.45, 2.75) is 51.6 Å². The molecule has 1 saturated carbocycles. The van der Waals surface area contributed by atoms with E-state index < -0.39 is 0 Å². The van der Waals surface area contributed by atoms with Crippen LogP contribution in [0.2, 0.25) is 0 Å². The number of hydrogen-bond donors (Lipinski definition) is 1. The second kappa shape index (κ2) is 8.55. The summed E-state index contributed by atoms with van der Waals surface area (Å²) in [5, 5.41) is 9.06. The maximum absolute atomic E-state index is 12.9. The van der Waals surface area contributed by atoms with Crippen molar-refractivity contribution in [3.63, 3.8) is 0 Å². The SMILES string of the molecule is CC1CCC(NC(=O)Cn2nc(Cc3ccncc3)c3ccccc3c2=O)CC1. The molecule has 0 atom stereocenters. The number of hydrogen-bond acceptors (Lipinski definition) is 4. The molecule has 1 aliphatic rings. The number of fused-ring (bicyclic) bond motifs is 1. The summed E-state index contributed by atoms with van der Waals surface area (Å²) in [5.41, 5.74) is 1.61.